The first-order valence-electron chi connectivity index (χ1n) is 5.06. The van der Waals surface area contributed by atoms with Crippen molar-refractivity contribution in [3.63, 3.8) is 0 Å². The summed E-state index contributed by atoms with van der Waals surface area (Å²) in [6.45, 7) is 2.20. The minimum atomic E-state index is 0.600. The van der Waals surface area contributed by atoms with Gasteiger partial charge in [-0.3, -0.25) is 0 Å². The Balaban J connectivity index is 2.53. The van der Waals surface area contributed by atoms with E-state index < -0.39 is 0 Å². The third-order valence-corrected chi connectivity index (χ3v) is 3.04. The van der Waals surface area contributed by atoms with Crippen LogP contribution in [0.15, 0.2) is 24.3 Å². The topological polar surface area (TPSA) is 0 Å². The van der Waals surface area contributed by atoms with Gasteiger partial charge in [-0.15, -0.1) is 11.6 Å². The first-order valence-corrected chi connectivity index (χ1v) is 5.98. The number of alkyl halides is 1. The average Bonchev–Trinajstić information content (AvgIpc) is 2.20. The zero-order valence-corrected chi connectivity index (χ0v) is 9.98. The van der Waals surface area contributed by atoms with Gasteiger partial charge in [-0.1, -0.05) is 37.1 Å². The second kappa shape index (κ2) is 6.31. The summed E-state index contributed by atoms with van der Waals surface area (Å²) in [5, 5.41) is 0.798. The van der Waals surface area contributed by atoms with Gasteiger partial charge in [0.25, 0.3) is 0 Å². The Morgan fingerprint density at radius 3 is 2.36 bits per heavy atom. The quantitative estimate of drug-likeness (QED) is 0.652. The van der Waals surface area contributed by atoms with Crippen molar-refractivity contribution in [3.05, 3.63) is 34.9 Å². The van der Waals surface area contributed by atoms with Gasteiger partial charge in [0.1, 0.15) is 0 Å². The van der Waals surface area contributed by atoms with Crippen molar-refractivity contribution in [2.24, 2.45) is 5.92 Å². The Morgan fingerprint density at radius 1 is 1.21 bits per heavy atom. The van der Waals surface area contributed by atoms with Crippen LogP contribution >= 0.6 is 23.2 Å². The largest absolute Gasteiger partial charge is 0.126 e. The summed E-state index contributed by atoms with van der Waals surface area (Å²) >= 11 is 11.7. The van der Waals surface area contributed by atoms with E-state index in [1.165, 1.54) is 18.4 Å². The molecule has 0 amide bonds. The monoisotopic (exact) mass is 230 g/mol. The fourth-order valence-corrected chi connectivity index (χ4v) is 1.99. The molecule has 14 heavy (non-hydrogen) atoms. The van der Waals surface area contributed by atoms with Crippen LogP contribution in [-0.2, 0) is 6.42 Å². The van der Waals surface area contributed by atoms with Crippen LogP contribution in [0.4, 0.5) is 0 Å². The molecule has 0 aliphatic carbocycles. The Bertz CT molecular complexity index is 254. The second-order valence-corrected chi connectivity index (χ2v) is 4.38. The molecule has 0 spiro atoms. The molecule has 1 aromatic rings. The maximum Gasteiger partial charge on any atom is 0.0406 e. The summed E-state index contributed by atoms with van der Waals surface area (Å²) < 4.78 is 0. The van der Waals surface area contributed by atoms with Gasteiger partial charge in [0, 0.05) is 10.9 Å². The molecule has 0 heterocycles. The molecule has 78 valence electrons. The lowest BCUT2D eigenvalue weighted by Crippen LogP contribution is -2.05. The molecule has 0 radical (unpaired) electrons. The maximum absolute atomic E-state index is 5.90. The third kappa shape index (κ3) is 3.89. The zero-order chi connectivity index (χ0) is 10.4. The Morgan fingerprint density at radius 2 is 1.86 bits per heavy atom. The normalized spacial score (nSPS) is 12.8. The number of benzene rings is 1. The van der Waals surface area contributed by atoms with Crippen LogP contribution in [0.2, 0.25) is 5.02 Å². The van der Waals surface area contributed by atoms with Gasteiger partial charge >= 0.3 is 0 Å². The van der Waals surface area contributed by atoms with E-state index >= 15 is 0 Å². The average molecular weight is 231 g/mol. The molecule has 0 N–H and O–H groups in total. The van der Waals surface area contributed by atoms with E-state index in [2.05, 4.69) is 19.1 Å². The highest BCUT2D eigenvalue weighted by atomic mass is 35.5. The zero-order valence-electron chi connectivity index (χ0n) is 8.47. The number of hydrogen-bond acceptors (Lipinski definition) is 0. The molecule has 0 saturated carbocycles. The summed E-state index contributed by atoms with van der Waals surface area (Å²) in [5.41, 5.74) is 1.33. The summed E-state index contributed by atoms with van der Waals surface area (Å²) in [6, 6.07) is 8.04. The van der Waals surface area contributed by atoms with Gasteiger partial charge in [-0.25, -0.2) is 0 Å². The van der Waals surface area contributed by atoms with E-state index in [9.17, 15) is 0 Å². The highest BCUT2D eigenvalue weighted by molar-refractivity contribution is 6.30. The smallest absolute Gasteiger partial charge is 0.0406 e. The summed E-state index contributed by atoms with van der Waals surface area (Å²) in [7, 11) is 0. The van der Waals surface area contributed by atoms with E-state index in [1.54, 1.807) is 0 Å². The first kappa shape index (κ1) is 11.9. The van der Waals surface area contributed by atoms with E-state index in [0.717, 1.165) is 17.3 Å². The molecule has 0 bridgehead atoms. The molecule has 1 unspecified atom stereocenters. The van der Waals surface area contributed by atoms with Crippen LogP contribution in [-0.4, -0.2) is 5.88 Å². The number of rotatable bonds is 5. The van der Waals surface area contributed by atoms with E-state index in [1.807, 2.05) is 12.1 Å². The molecule has 1 aromatic carbocycles. The van der Waals surface area contributed by atoms with Crippen molar-refractivity contribution in [2.45, 2.75) is 26.2 Å². The Kier molecular flexibility index (Phi) is 5.36. The Hall–Kier alpha value is -0.200. The predicted molar refractivity (Wildman–Crippen MR) is 64.3 cm³/mol. The molecular weight excluding hydrogens is 215 g/mol. The molecule has 1 rings (SSSR count). The first-order chi connectivity index (χ1) is 6.76. The number of hydrogen-bond donors (Lipinski definition) is 0. The highest BCUT2D eigenvalue weighted by Gasteiger charge is 2.06. The van der Waals surface area contributed by atoms with Crippen LogP contribution < -0.4 is 0 Å². The molecule has 1 atom stereocenters. The van der Waals surface area contributed by atoms with Crippen molar-refractivity contribution in [3.8, 4) is 0 Å². The lowest BCUT2D eigenvalue weighted by atomic mass is 9.97. The second-order valence-electron chi connectivity index (χ2n) is 3.64. The van der Waals surface area contributed by atoms with E-state index in [0.29, 0.717) is 5.92 Å². The highest BCUT2D eigenvalue weighted by Crippen LogP contribution is 2.17. The van der Waals surface area contributed by atoms with Crippen LogP contribution in [0.25, 0.3) is 0 Å². The van der Waals surface area contributed by atoms with Crippen LogP contribution in [0, 0.1) is 5.92 Å². The van der Waals surface area contributed by atoms with Crippen molar-refractivity contribution in [1.82, 2.24) is 0 Å². The molecular formula is C12H16Cl2. The van der Waals surface area contributed by atoms with Crippen molar-refractivity contribution >= 4 is 23.2 Å². The molecule has 0 nitrogen and oxygen atoms in total. The van der Waals surface area contributed by atoms with Gasteiger partial charge in [0.2, 0.25) is 0 Å². The van der Waals surface area contributed by atoms with Gasteiger partial charge in [-0.2, -0.15) is 0 Å². The van der Waals surface area contributed by atoms with Crippen molar-refractivity contribution < 1.29 is 0 Å². The molecule has 2 heteroatoms. The molecule has 0 aromatic heterocycles. The molecule has 0 fully saturated rings. The fourth-order valence-electron chi connectivity index (χ4n) is 1.60. The SMILES string of the molecule is CCCC(CCl)Cc1ccc(Cl)cc1. The summed E-state index contributed by atoms with van der Waals surface area (Å²) in [6.07, 6.45) is 3.46. The minimum Gasteiger partial charge on any atom is -0.126 e. The summed E-state index contributed by atoms with van der Waals surface area (Å²) in [5.74, 6) is 1.35. The molecule has 0 aliphatic rings. The maximum atomic E-state index is 5.90. The van der Waals surface area contributed by atoms with Crippen LogP contribution in [0.1, 0.15) is 25.3 Å². The van der Waals surface area contributed by atoms with Crippen molar-refractivity contribution in [2.75, 3.05) is 5.88 Å². The Labute approximate surface area is 96.2 Å². The third-order valence-electron chi connectivity index (χ3n) is 2.35. The molecule has 0 saturated heterocycles. The van der Waals surface area contributed by atoms with Gasteiger partial charge < -0.3 is 0 Å². The molecule has 0 aliphatic heterocycles. The fraction of sp³-hybridized carbons (Fsp3) is 0.500. The minimum absolute atomic E-state index is 0.600. The van der Waals surface area contributed by atoms with Gasteiger partial charge in [-0.05, 0) is 36.5 Å². The lowest BCUT2D eigenvalue weighted by molar-refractivity contribution is 0.528. The van der Waals surface area contributed by atoms with E-state index in [-0.39, 0.29) is 0 Å². The van der Waals surface area contributed by atoms with Crippen LogP contribution in [0.5, 0.6) is 0 Å². The van der Waals surface area contributed by atoms with Crippen molar-refractivity contribution in [1.29, 1.82) is 0 Å². The van der Waals surface area contributed by atoms with Gasteiger partial charge in [0.15, 0.2) is 0 Å². The lowest BCUT2D eigenvalue weighted by Gasteiger charge is -2.12. The summed E-state index contributed by atoms with van der Waals surface area (Å²) in [4.78, 5) is 0. The van der Waals surface area contributed by atoms with Gasteiger partial charge in [0.05, 0.1) is 0 Å². The van der Waals surface area contributed by atoms with E-state index in [4.69, 9.17) is 23.2 Å². The number of halogens is 2. The van der Waals surface area contributed by atoms with Crippen LogP contribution in [0.3, 0.4) is 0 Å². The standard InChI is InChI=1S/C12H16Cl2/c1-2-3-11(9-13)8-10-4-6-12(14)7-5-10/h4-7,11H,2-3,8-9H2,1H3. The predicted octanol–water partition coefficient (Wildman–Crippen LogP) is 4.54.